The van der Waals surface area contributed by atoms with Gasteiger partial charge in [0.05, 0.1) is 0 Å². The molecule has 1 aromatic heterocycles. The Hall–Kier alpha value is -3.72. The fourth-order valence-electron chi connectivity index (χ4n) is 3.18. The summed E-state index contributed by atoms with van der Waals surface area (Å²) in [5.41, 5.74) is 6.17. The average molecular weight is 364 g/mol. The minimum absolute atomic E-state index is 0.499. The van der Waals surface area contributed by atoms with Gasteiger partial charge in [-0.1, -0.05) is 79.4 Å². The van der Waals surface area contributed by atoms with Gasteiger partial charge in [-0.2, -0.15) is 0 Å². The van der Waals surface area contributed by atoms with Crippen molar-refractivity contribution in [3.63, 3.8) is 0 Å². The first kappa shape index (κ1) is 17.7. The smallest absolute Gasteiger partial charge is 0.248 e. The molecule has 3 aromatic carbocycles. The molecule has 0 bridgehead atoms. The fraction of sp³-hybridized carbons (Fsp3) is 0.0400. The van der Waals surface area contributed by atoms with Gasteiger partial charge in [-0.3, -0.25) is 0 Å². The van der Waals surface area contributed by atoms with Crippen molar-refractivity contribution in [1.29, 1.82) is 0 Å². The van der Waals surface area contributed by atoms with E-state index < -0.39 is 0 Å². The highest BCUT2D eigenvalue weighted by Gasteiger charge is 2.14. The molecule has 0 atom stereocenters. The molecule has 3 nitrogen and oxygen atoms in total. The van der Waals surface area contributed by atoms with Crippen molar-refractivity contribution in [3.05, 3.63) is 96.6 Å². The van der Waals surface area contributed by atoms with E-state index in [0.29, 0.717) is 11.8 Å². The van der Waals surface area contributed by atoms with Gasteiger partial charge < -0.3 is 4.42 Å². The Morgan fingerprint density at radius 2 is 1.43 bits per heavy atom. The van der Waals surface area contributed by atoms with Crippen molar-refractivity contribution in [2.24, 2.45) is 0 Å². The van der Waals surface area contributed by atoms with E-state index in [4.69, 9.17) is 4.42 Å². The monoisotopic (exact) mass is 364 g/mol. The molecular formula is C25H20N2O. The van der Waals surface area contributed by atoms with Gasteiger partial charge in [0.15, 0.2) is 0 Å². The van der Waals surface area contributed by atoms with Crippen molar-refractivity contribution in [2.75, 3.05) is 0 Å². The molecular weight excluding hydrogens is 344 g/mol. The van der Waals surface area contributed by atoms with E-state index in [0.717, 1.165) is 27.8 Å². The third kappa shape index (κ3) is 3.42. The Morgan fingerprint density at radius 3 is 2.14 bits per heavy atom. The molecule has 0 saturated carbocycles. The third-order valence-corrected chi connectivity index (χ3v) is 4.59. The van der Waals surface area contributed by atoms with Crippen LogP contribution in [-0.2, 0) is 0 Å². The molecule has 4 aromatic rings. The van der Waals surface area contributed by atoms with Crippen LogP contribution in [0.5, 0.6) is 0 Å². The lowest BCUT2D eigenvalue weighted by Crippen LogP contribution is -1.87. The van der Waals surface area contributed by atoms with Gasteiger partial charge in [-0.05, 0) is 47.4 Å². The molecule has 1 heterocycles. The zero-order chi connectivity index (χ0) is 19.3. The Kier molecular flexibility index (Phi) is 4.98. The molecule has 0 N–H and O–H groups in total. The predicted octanol–water partition coefficient (Wildman–Crippen LogP) is 6.75. The van der Waals surface area contributed by atoms with Gasteiger partial charge in [-0.25, -0.2) is 0 Å². The summed E-state index contributed by atoms with van der Waals surface area (Å²) in [7, 11) is 0. The van der Waals surface area contributed by atoms with Crippen LogP contribution in [0.4, 0.5) is 0 Å². The number of rotatable bonds is 5. The van der Waals surface area contributed by atoms with E-state index in [9.17, 15) is 0 Å². The number of aromatic nitrogens is 2. The number of allylic oxidation sites excluding steroid dienone is 1. The molecule has 0 aliphatic rings. The minimum Gasteiger partial charge on any atom is -0.416 e. The molecule has 0 spiro atoms. The van der Waals surface area contributed by atoms with Crippen LogP contribution in [0.2, 0.25) is 0 Å². The van der Waals surface area contributed by atoms with Crippen LogP contribution in [0.3, 0.4) is 0 Å². The van der Waals surface area contributed by atoms with Gasteiger partial charge in [0.25, 0.3) is 0 Å². The minimum atomic E-state index is 0.499. The van der Waals surface area contributed by atoms with Crippen molar-refractivity contribution in [3.8, 4) is 34.0 Å². The van der Waals surface area contributed by atoms with Crippen LogP contribution in [0.1, 0.15) is 18.1 Å². The molecule has 136 valence electrons. The number of benzene rings is 3. The van der Waals surface area contributed by atoms with E-state index in [1.54, 1.807) is 0 Å². The SMILES string of the molecule is C=Cc1cccc(-c2nnc(-c3ccc(-c4ccccc4)cc3)o2)c1/C=C\C. The third-order valence-electron chi connectivity index (χ3n) is 4.59. The van der Waals surface area contributed by atoms with Gasteiger partial charge in [0, 0.05) is 11.1 Å². The molecule has 0 radical (unpaired) electrons. The Labute approximate surface area is 164 Å². The molecule has 0 amide bonds. The molecule has 3 heteroatoms. The largest absolute Gasteiger partial charge is 0.416 e. The molecule has 28 heavy (non-hydrogen) atoms. The number of hydrogen-bond donors (Lipinski definition) is 0. The van der Waals surface area contributed by atoms with Crippen molar-refractivity contribution in [1.82, 2.24) is 10.2 Å². The summed E-state index contributed by atoms with van der Waals surface area (Å²) in [6.07, 6.45) is 5.86. The van der Waals surface area contributed by atoms with Crippen LogP contribution in [0.15, 0.2) is 89.9 Å². The molecule has 0 unspecified atom stereocenters. The molecule has 0 aliphatic carbocycles. The molecule has 4 rings (SSSR count). The summed E-state index contributed by atoms with van der Waals surface area (Å²) in [6.45, 7) is 5.88. The lowest BCUT2D eigenvalue weighted by Gasteiger charge is -2.06. The van der Waals surface area contributed by atoms with Crippen LogP contribution in [0, 0.1) is 0 Å². The summed E-state index contributed by atoms with van der Waals surface area (Å²) in [4.78, 5) is 0. The molecule has 0 aliphatic heterocycles. The first-order valence-corrected chi connectivity index (χ1v) is 9.18. The highest BCUT2D eigenvalue weighted by atomic mass is 16.4. The first-order chi connectivity index (χ1) is 13.8. The number of hydrogen-bond acceptors (Lipinski definition) is 3. The second kappa shape index (κ2) is 7.89. The van der Waals surface area contributed by atoms with E-state index in [1.165, 1.54) is 5.56 Å². The van der Waals surface area contributed by atoms with Gasteiger partial charge in [0.2, 0.25) is 11.8 Å². The Bertz CT molecular complexity index is 1120. The maximum atomic E-state index is 6.00. The van der Waals surface area contributed by atoms with Gasteiger partial charge >= 0.3 is 0 Å². The lowest BCUT2D eigenvalue weighted by molar-refractivity contribution is 0.584. The Balaban J connectivity index is 1.68. The zero-order valence-corrected chi connectivity index (χ0v) is 15.7. The topological polar surface area (TPSA) is 38.9 Å². The number of nitrogens with zero attached hydrogens (tertiary/aromatic N) is 2. The zero-order valence-electron chi connectivity index (χ0n) is 15.7. The van der Waals surface area contributed by atoms with Crippen LogP contribution >= 0.6 is 0 Å². The fourth-order valence-corrected chi connectivity index (χ4v) is 3.18. The van der Waals surface area contributed by atoms with Crippen molar-refractivity contribution in [2.45, 2.75) is 6.92 Å². The predicted molar refractivity (Wildman–Crippen MR) is 115 cm³/mol. The van der Waals surface area contributed by atoms with E-state index >= 15 is 0 Å². The normalized spacial score (nSPS) is 11.0. The maximum absolute atomic E-state index is 6.00. The quantitative estimate of drug-likeness (QED) is 0.393. The van der Waals surface area contributed by atoms with Gasteiger partial charge in [-0.15, -0.1) is 10.2 Å². The van der Waals surface area contributed by atoms with Crippen LogP contribution in [0.25, 0.3) is 46.2 Å². The van der Waals surface area contributed by atoms with E-state index in [1.807, 2.05) is 73.7 Å². The standard InChI is InChI=1S/C25H20N2O/c1-3-9-22-18(4-2)12-8-13-23(22)25-27-26-24(28-25)21-16-14-20(15-17-21)19-10-6-5-7-11-19/h3-17H,2H2,1H3/b9-3-. The summed E-state index contributed by atoms with van der Waals surface area (Å²) < 4.78 is 6.00. The van der Waals surface area contributed by atoms with Crippen molar-refractivity contribution < 1.29 is 4.42 Å². The second-order valence-corrected chi connectivity index (χ2v) is 6.37. The average Bonchev–Trinajstić information content (AvgIpc) is 3.25. The van der Waals surface area contributed by atoms with Crippen LogP contribution < -0.4 is 0 Å². The summed E-state index contributed by atoms with van der Waals surface area (Å²) >= 11 is 0. The molecule has 0 saturated heterocycles. The van der Waals surface area contributed by atoms with Gasteiger partial charge in [0.1, 0.15) is 0 Å². The summed E-state index contributed by atoms with van der Waals surface area (Å²) in [5, 5.41) is 8.53. The molecule has 0 fully saturated rings. The highest BCUT2D eigenvalue weighted by Crippen LogP contribution is 2.30. The second-order valence-electron chi connectivity index (χ2n) is 6.37. The first-order valence-electron chi connectivity index (χ1n) is 9.18. The van der Waals surface area contributed by atoms with E-state index in [2.05, 4.69) is 41.0 Å². The summed E-state index contributed by atoms with van der Waals surface area (Å²) in [6, 6.07) is 24.4. The Morgan fingerprint density at radius 1 is 0.750 bits per heavy atom. The maximum Gasteiger partial charge on any atom is 0.248 e. The van der Waals surface area contributed by atoms with E-state index in [-0.39, 0.29) is 0 Å². The summed E-state index contributed by atoms with van der Waals surface area (Å²) in [5.74, 6) is 1.00. The van der Waals surface area contributed by atoms with Crippen LogP contribution in [-0.4, -0.2) is 10.2 Å². The lowest BCUT2D eigenvalue weighted by atomic mass is 10.0. The van der Waals surface area contributed by atoms with Crippen molar-refractivity contribution >= 4 is 12.2 Å². The highest BCUT2D eigenvalue weighted by molar-refractivity contribution is 5.77.